The first-order chi connectivity index (χ1) is 13.6. The van der Waals surface area contributed by atoms with Gasteiger partial charge in [0.2, 0.25) is 0 Å². The van der Waals surface area contributed by atoms with Gasteiger partial charge < -0.3 is 9.84 Å². The maximum Gasteiger partial charge on any atom is 0.294 e. The van der Waals surface area contributed by atoms with Crippen LogP contribution in [0.4, 0.5) is 11.4 Å². The van der Waals surface area contributed by atoms with E-state index in [-0.39, 0.29) is 37.9 Å². The predicted octanol–water partition coefficient (Wildman–Crippen LogP) is 6.81. The molecule has 29 heavy (non-hydrogen) atoms. The van der Waals surface area contributed by atoms with Crippen molar-refractivity contribution >= 4 is 56.3 Å². The second kappa shape index (κ2) is 8.56. The van der Waals surface area contributed by atoms with E-state index >= 15 is 0 Å². The Morgan fingerprint density at radius 1 is 0.828 bits per heavy atom. The fourth-order valence-electron chi connectivity index (χ4n) is 2.16. The van der Waals surface area contributed by atoms with E-state index in [1.54, 1.807) is 6.07 Å². The fourth-order valence-corrected chi connectivity index (χ4v) is 3.29. The molecule has 2 N–H and O–H groups in total. The largest absolute Gasteiger partial charge is 0.504 e. The Balaban J connectivity index is 1.88. The Hall–Kier alpha value is -2.36. The molecule has 0 radical (unpaired) electrons. The van der Waals surface area contributed by atoms with Crippen LogP contribution in [0.2, 0.25) is 15.1 Å². The minimum Gasteiger partial charge on any atom is -0.504 e. The highest BCUT2D eigenvalue weighted by Crippen LogP contribution is 2.41. The molecule has 3 rings (SSSR count). The third-order valence-corrected chi connectivity index (χ3v) is 5.25. The van der Waals surface area contributed by atoms with Crippen molar-refractivity contribution in [3.63, 3.8) is 0 Å². The molecule has 0 saturated carbocycles. The van der Waals surface area contributed by atoms with Crippen molar-refractivity contribution in [2.24, 2.45) is 10.2 Å². The van der Waals surface area contributed by atoms with Gasteiger partial charge in [-0.15, -0.1) is 5.11 Å². The number of nitrogens with zero attached hydrogens (tertiary/aromatic N) is 2. The van der Waals surface area contributed by atoms with Crippen molar-refractivity contribution < 1.29 is 22.8 Å². The van der Waals surface area contributed by atoms with Crippen molar-refractivity contribution in [2.75, 3.05) is 0 Å². The normalized spacial score (nSPS) is 11.7. The highest BCUT2D eigenvalue weighted by molar-refractivity contribution is 7.85. The lowest BCUT2D eigenvalue weighted by atomic mass is 10.2. The lowest BCUT2D eigenvalue weighted by Crippen LogP contribution is -1.96. The number of azo groups is 1. The van der Waals surface area contributed by atoms with Gasteiger partial charge >= 0.3 is 0 Å². The van der Waals surface area contributed by atoms with Crippen LogP contribution in [0.25, 0.3) is 0 Å². The van der Waals surface area contributed by atoms with Crippen LogP contribution in [0, 0.1) is 0 Å². The molecule has 3 aromatic carbocycles. The molecule has 3 aromatic rings. The smallest absolute Gasteiger partial charge is 0.294 e. The van der Waals surface area contributed by atoms with Crippen LogP contribution in [0.3, 0.4) is 0 Å². The van der Waals surface area contributed by atoms with E-state index in [0.29, 0.717) is 10.7 Å². The zero-order chi connectivity index (χ0) is 21.2. The summed E-state index contributed by atoms with van der Waals surface area (Å²) in [6.45, 7) is 0. The highest BCUT2D eigenvalue weighted by atomic mass is 35.5. The van der Waals surface area contributed by atoms with E-state index in [0.717, 1.165) is 0 Å². The SMILES string of the molecule is O=S(=O)(O)c1ccc(N=Nc2cc(Oc3ccc(Cl)cc3Cl)c(O)cc2Cl)cc1. The summed E-state index contributed by atoms with van der Waals surface area (Å²) in [5.41, 5.74) is 0.494. The van der Waals surface area contributed by atoms with Gasteiger partial charge in [0.1, 0.15) is 11.4 Å². The van der Waals surface area contributed by atoms with Crippen LogP contribution in [0.1, 0.15) is 0 Å². The van der Waals surface area contributed by atoms with Crippen LogP contribution in [0.5, 0.6) is 17.2 Å². The van der Waals surface area contributed by atoms with Gasteiger partial charge in [-0.05, 0) is 42.5 Å². The first kappa shape index (κ1) is 21.4. The standard InChI is InChI=1S/C18H11Cl3N2O5S/c19-10-1-6-17(14(21)7-10)28-18-9-15(13(20)8-16(18)24)23-22-11-2-4-12(5-3-11)29(25,26)27/h1-9,24H,(H,25,26,27). The zero-order valence-corrected chi connectivity index (χ0v) is 17.3. The maximum absolute atomic E-state index is 11.1. The molecule has 150 valence electrons. The second-order valence-corrected chi connectivity index (χ2v) is 8.29. The van der Waals surface area contributed by atoms with E-state index in [1.807, 2.05) is 0 Å². The van der Waals surface area contributed by atoms with Gasteiger partial charge in [0, 0.05) is 17.2 Å². The first-order valence-corrected chi connectivity index (χ1v) is 10.4. The van der Waals surface area contributed by atoms with Gasteiger partial charge in [0.25, 0.3) is 10.1 Å². The number of halogens is 3. The molecule has 0 aliphatic rings. The predicted molar refractivity (Wildman–Crippen MR) is 110 cm³/mol. The van der Waals surface area contributed by atoms with Crippen molar-refractivity contribution in [3.05, 3.63) is 69.7 Å². The van der Waals surface area contributed by atoms with Crippen LogP contribution in [0.15, 0.2) is 69.7 Å². The average Bonchev–Trinajstić information content (AvgIpc) is 2.64. The van der Waals surface area contributed by atoms with Gasteiger partial charge in [-0.25, -0.2) is 0 Å². The average molecular weight is 474 g/mol. The third kappa shape index (κ3) is 5.37. The highest BCUT2D eigenvalue weighted by Gasteiger charge is 2.13. The van der Waals surface area contributed by atoms with Gasteiger partial charge in [-0.2, -0.15) is 13.5 Å². The lowest BCUT2D eigenvalue weighted by Gasteiger charge is -2.10. The van der Waals surface area contributed by atoms with Crippen molar-refractivity contribution in [3.8, 4) is 17.2 Å². The number of phenols is 1. The summed E-state index contributed by atoms with van der Waals surface area (Å²) in [6, 6.07) is 12.3. The summed E-state index contributed by atoms with van der Waals surface area (Å²) in [5.74, 6) is 0.0594. The van der Waals surface area contributed by atoms with E-state index in [2.05, 4.69) is 10.2 Å². The lowest BCUT2D eigenvalue weighted by molar-refractivity contribution is 0.411. The van der Waals surface area contributed by atoms with Crippen molar-refractivity contribution in [2.45, 2.75) is 4.90 Å². The van der Waals surface area contributed by atoms with Gasteiger partial charge in [0.05, 0.1) is 20.6 Å². The van der Waals surface area contributed by atoms with Crippen LogP contribution < -0.4 is 4.74 Å². The summed E-state index contributed by atoms with van der Waals surface area (Å²) in [4.78, 5) is -0.269. The zero-order valence-electron chi connectivity index (χ0n) is 14.3. The molecular formula is C18H11Cl3N2O5S. The first-order valence-electron chi connectivity index (χ1n) is 7.78. The molecule has 0 spiro atoms. The van der Waals surface area contributed by atoms with Crippen molar-refractivity contribution in [1.29, 1.82) is 0 Å². The maximum atomic E-state index is 11.1. The summed E-state index contributed by atoms with van der Waals surface area (Å²) >= 11 is 18.0. The molecule has 11 heteroatoms. The quantitative estimate of drug-likeness (QED) is 0.312. The number of phenolic OH excluding ortho intramolecular Hbond substituents is 1. The number of hydrogen-bond acceptors (Lipinski definition) is 6. The summed E-state index contributed by atoms with van der Waals surface area (Å²) in [5, 5.41) is 18.8. The van der Waals surface area contributed by atoms with Crippen LogP contribution >= 0.6 is 34.8 Å². The molecule has 0 amide bonds. The Morgan fingerprint density at radius 3 is 2.14 bits per heavy atom. The molecule has 0 atom stereocenters. The topological polar surface area (TPSA) is 109 Å². The van der Waals surface area contributed by atoms with Gasteiger partial charge in [-0.3, -0.25) is 4.55 Å². The Bertz CT molecular complexity index is 1200. The fraction of sp³-hybridized carbons (Fsp3) is 0. The number of hydrogen-bond donors (Lipinski definition) is 2. The number of benzene rings is 3. The molecule has 0 aliphatic heterocycles. The van der Waals surface area contributed by atoms with Gasteiger partial charge in [0.15, 0.2) is 11.5 Å². The summed E-state index contributed by atoms with van der Waals surface area (Å²) in [6.07, 6.45) is 0. The number of aromatic hydroxyl groups is 1. The molecule has 0 fully saturated rings. The molecule has 0 unspecified atom stereocenters. The van der Waals surface area contributed by atoms with E-state index < -0.39 is 10.1 Å². The second-order valence-electron chi connectivity index (χ2n) is 5.62. The van der Waals surface area contributed by atoms with Crippen LogP contribution in [-0.4, -0.2) is 18.1 Å². The summed E-state index contributed by atoms with van der Waals surface area (Å²) in [7, 11) is -4.30. The molecule has 7 nitrogen and oxygen atoms in total. The van der Waals surface area contributed by atoms with E-state index in [4.69, 9.17) is 44.1 Å². The Labute approximate surface area is 180 Å². The molecule has 0 aliphatic carbocycles. The molecule has 0 heterocycles. The minimum absolute atomic E-state index is 0.0364. The number of rotatable bonds is 5. The molecule has 0 aromatic heterocycles. The molecule has 0 bridgehead atoms. The van der Waals surface area contributed by atoms with Crippen LogP contribution in [-0.2, 0) is 10.1 Å². The van der Waals surface area contributed by atoms with E-state index in [9.17, 15) is 13.5 Å². The number of ether oxygens (including phenoxy) is 1. The monoisotopic (exact) mass is 472 g/mol. The van der Waals surface area contributed by atoms with Crippen molar-refractivity contribution in [1.82, 2.24) is 0 Å². The Kier molecular flexibility index (Phi) is 6.30. The minimum atomic E-state index is -4.30. The van der Waals surface area contributed by atoms with E-state index in [1.165, 1.54) is 48.5 Å². The Morgan fingerprint density at radius 2 is 1.52 bits per heavy atom. The van der Waals surface area contributed by atoms with Gasteiger partial charge in [-0.1, -0.05) is 34.8 Å². The summed E-state index contributed by atoms with van der Waals surface area (Å²) < 4.78 is 36.7. The molecular weight excluding hydrogens is 463 g/mol. The third-order valence-electron chi connectivity index (χ3n) is 3.55. The molecule has 0 saturated heterocycles.